The number of carbonyl (C=O) groups excluding carboxylic acids is 1. The van der Waals surface area contributed by atoms with Gasteiger partial charge in [-0.2, -0.15) is 0 Å². The Morgan fingerprint density at radius 2 is 2.24 bits per heavy atom. The summed E-state index contributed by atoms with van der Waals surface area (Å²) in [6.45, 7) is 2.99. The fourth-order valence-electron chi connectivity index (χ4n) is 1.45. The second kappa shape index (κ2) is 6.35. The first kappa shape index (κ1) is 13.6. The van der Waals surface area contributed by atoms with E-state index in [0.717, 1.165) is 12.1 Å². The zero-order chi connectivity index (χ0) is 12.8. The molecule has 94 valence electrons. The summed E-state index contributed by atoms with van der Waals surface area (Å²) in [5.74, 6) is -0.0118. The molecule has 0 atom stereocenters. The van der Waals surface area contributed by atoms with Crippen LogP contribution in [0.2, 0.25) is 5.02 Å². The molecule has 1 amide bonds. The Morgan fingerprint density at radius 3 is 2.82 bits per heavy atom. The van der Waals surface area contributed by atoms with Crippen LogP contribution in [-0.2, 0) is 4.79 Å². The number of amides is 1. The van der Waals surface area contributed by atoms with Crippen molar-refractivity contribution in [2.75, 3.05) is 30.8 Å². The normalized spacial score (nSPS) is 10.1. The molecular weight excluding hydrogens is 238 g/mol. The van der Waals surface area contributed by atoms with Crippen molar-refractivity contribution in [3.8, 4) is 0 Å². The molecule has 0 aromatic heterocycles. The third-order valence-corrected chi connectivity index (χ3v) is 2.64. The summed E-state index contributed by atoms with van der Waals surface area (Å²) in [6, 6.07) is 5.25. The largest absolute Gasteiger partial charge is 0.399 e. The summed E-state index contributed by atoms with van der Waals surface area (Å²) in [5.41, 5.74) is 7.02. The van der Waals surface area contributed by atoms with Crippen LogP contribution in [0, 0.1) is 0 Å². The van der Waals surface area contributed by atoms with Gasteiger partial charge in [-0.15, -0.1) is 0 Å². The third kappa shape index (κ3) is 4.15. The maximum atomic E-state index is 11.5. The van der Waals surface area contributed by atoms with E-state index in [-0.39, 0.29) is 12.5 Å². The molecule has 0 saturated carbocycles. The maximum absolute atomic E-state index is 11.5. The zero-order valence-electron chi connectivity index (χ0n) is 10.2. The molecule has 5 heteroatoms. The number of benzene rings is 1. The van der Waals surface area contributed by atoms with E-state index in [4.69, 9.17) is 17.3 Å². The molecule has 0 unspecified atom stereocenters. The van der Waals surface area contributed by atoms with Crippen LogP contribution in [0.5, 0.6) is 0 Å². The molecule has 1 aromatic rings. The number of carbonyl (C=O) groups is 1. The minimum atomic E-state index is -0.0118. The van der Waals surface area contributed by atoms with Gasteiger partial charge in [0.15, 0.2) is 0 Å². The minimum absolute atomic E-state index is 0.0118. The third-order valence-electron chi connectivity index (χ3n) is 2.34. The van der Waals surface area contributed by atoms with Gasteiger partial charge in [0.25, 0.3) is 0 Å². The van der Waals surface area contributed by atoms with Gasteiger partial charge in [0.1, 0.15) is 0 Å². The predicted molar refractivity (Wildman–Crippen MR) is 72.4 cm³/mol. The standard InChI is InChI=1S/C12H18ClN3O/c1-3-6-15-12(17)8-16(2)11-5-4-9(14)7-10(11)13/h4-5,7H,3,6,8,14H2,1-2H3,(H,15,17). The lowest BCUT2D eigenvalue weighted by molar-refractivity contribution is -0.119. The molecule has 0 radical (unpaired) electrons. The number of nitrogens with zero attached hydrogens (tertiary/aromatic N) is 1. The van der Waals surface area contributed by atoms with Gasteiger partial charge in [0, 0.05) is 19.3 Å². The average molecular weight is 256 g/mol. The second-order valence-electron chi connectivity index (χ2n) is 3.92. The number of hydrogen-bond acceptors (Lipinski definition) is 3. The molecule has 0 spiro atoms. The summed E-state index contributed by atoms with van der Waals surface area (Å²) >= 11 is 6.06. The van der Waals surface area contributed by atoms with E-state index >= 15 is 0 Å². The van der Waals surface area contributed by atoms with E-state index in [0.29, 0.717) is 17.3 Å². The van der Waals surface area contributed by atoms with E-state index in [1.807, 2.05) is 20.0 Å². The smallest absolute Gasteiger partial charge is 0.239 e. The van der Waals surface area contributed by atoms with Gasteiger partial charge >= 0.3 is 0 Å². The van der Waals surface area contributed by atoms with E-state index in [2.05, 4.69) is 5.32 Å². The monoisotopic (exact) mass is 255 g/mol. The van der Waals surface area contributed by atoms with Crippen LogP contribution in [-0.4, -0.2) is 26.0 Å². The molecule has 0 saturated heterocycles. The topological polar surface area (TPSA) is 58.4 Å². The Kier molecular flexibility index (Phi) is 5.10. The number of hydrogen-bond donors (Lipinski definition) is 2. The highest BCUT2D eigenvalue weighted by Gasteiger charge is 2.10. The lowest BCUT2D eigenvalue weighted by atomic mass is 10.2. The van der Waals surface area contributed by atoms with E-state index in [1.165, 1.54) is 0 Å². The van der Waals surface area contributed by atoms with Crippen LogP contribution in [0.25, 0.3) is 0 Å². The molecule has 3 N–H and O–H groups in total. The SMILES string of the molecule is CCCNC(=O)CN(C)c1ccc(N)cc1Cl. The van der Waals surface area contributed by atoms with Crippen molar-refractivity contribution >= 4 is 28.9 Å². The highest BCUT2D eigenvalue weighted by atomic mass is 35.5. The van der Waals surface area contributed by atoms with Crippen molar-refractivity contribution in [2.24, 2.45) is 0 Å². The van der Waals surface area contributed by atoms with Crippen LogP contribution in [0.4, 0.5) is 11.4 Å². The van der Waals surface area contributed by atoms with Crippen molar-refractivity contribution in [3.05, 3.63) is 23.2 Å². The highest BCUT2D eigenvalue weighted by molar-refractivity contribution is 6.33. The number of nitrogen functional groups attached to an aromatic ring is 1. The molecule has 0 aliphatic rings. The maximum Gasteiger partial charge on any atom is 0.239 e. The Hall–Kier alpha value is -1.42. The molecule has 0 heterocycles. The summed E-state index contributed by atoms with van der Waals surface area (Å²) in [6.07, 6.45) is 0.929. The van der Waals surface area contributed by atoms with Crippen molar-refractivity contribution in [3.63, 3.8) is 0 Å². The lowest BCUT2D eigenvalue weighted by Gasteiger charge is -2.20. The van der Waals surface area contributed by atoms with Crippen molar-refractivity contribution < 1.29 is 4.79 Å². The molecular formula is C12H18ClN3O. The first-order chi connectivity index (χ1) is 8.04. The number of anilines is 2. The van der Waals surface area contributed by atoms with Crippen LogP contribution < -0.4 is 16.0 Å². The van der Waals surface area contributed by atoms with Gasteiger partial charge < -0.3 is 16.0 Å². The number of nitrogens with one attached hydrogen (secondary N) is 1. The van der Waals surface area contributed by atoms with Gasteiger partial charge in [-0.1, -0.05) is 18.5 Å². The second-order valence-corrected chi connectivity index (χ2v) is 4.32. The summed E-state index contributed by atoms with van der Waals surface area (Å²) in [7, 11) is 1.82. The summed E-state index contributed by atoms with van der Waals surface area (Å²) < 4.78 is 0. The summed E-state index contributed by atoms with van der Waals surface area (Å²) in [5, 5.41) is 3.37. The Labute approximate surface area is 107 Å². The van der Waals surface area contributed by atoms with Gasteiger partial charge in [0.2, 0.25) is 5.91 Å². The first-order valence-electron chi connectivity index (χ1n) is 5.57. The summed E-state index contributed by atoms with van der Waals surface area (Å²) in [4.78, 5) is 13.3. The van der Waals surface area contributed by atoms with Gasteiger partial charge in [0.05, 0.1) is 17.3 Å². The predicted octanol–water partition coefficient (Wildman–Crippen LogP) is 1.88. The Morgan fingerprint density at radius 1 is 1.53 bits per heavy atom. The quantitative estimate of drug-likeness (QED) is 0.790. The molecule has 0 fully saturated rings. The van der Waals surface area contributed by atoms with E-state index < -0.39 is 0 Å². The number of rotatable bonds is 5. The molecule has 0 aliphatic heterocycles. The number of halogens is 1. The number of likely N-dealkylation sites (N-methyl/N-ethyl adjacent to an activating group) is 1. The first-order valence-corrected chi connectivity index (χ1v) is 5.95. The van der Waals surface area contributed by atoms with Crippen LogP contribution in [0.15, 0.2) is 18.2 Å². The number of nitrogens with two attached hydrogens (primary N) is 1. The van der Waals surface area contributed by atoms with Crippen molar-refractivity contribution in [2.45, 2.75) is 13.3 Å². The van der Waals surface area contributed by atoms with E-state index in [9.17, 15) is 4.79 Å². The lowest BCUT2D eigenvalue weighted by Crippen LogP contribution is -2.35. The van der Waals surface area contributed by atoms with Crippen LogP contribution in [0.3, 0.4) is 0 Å². The molecule has 4 nitrogen and oxygen atoms in total. The Bertz CT molecular complexity index is 395. The van der Waals surface area contributed by atoms with Crippen molar-refractivity contribution in [1.82, 2.24) is 5.32 Å². The fourth-order valence-corrected chi connectivity index (χ4v) is 1.79. The fraction of sp³-hybridized carbons (Fsp3) is 0.417. The minimum Gasteiger partial charge on any atom is -0.399 e. The van der Waals surface area contributed by atoms with Crippen LogP contribution in [0.1, 0.15) is 13.3 Å². The van der Waals surface area contributed by atoms with Gasteiger partial charge in [-0.3, -0.25) is 4.79 Å². The average Bonchev–Trinajstić information content (AvgIpc) is 2.26. The zero-order valence-corrected chi connectivity index (χ0v) is 10.9. The Balaban J connectivity index is 2.63. The highest BCUT2D eigenvalue weighted by Crippen LogP contribution is 2.26. The van der Waals surface area contributed by atoms with Crippen LogP contribution >= 0.6 is 11.6 Å². The van der Waals surface area contributed by atoms with Crippen molar-refractivity contribution in [1.29, 1.82) is 0 Å². The molecule has 0 aliphatic carbocycles. The van der Waals surface area contributed by atoms with Gasteiger partial charge in [-0.25, -0.2) is 0 Å². The molecule has 0 bridgehead atoms. The molecule has 17 heavy (non-hydrogen) atoms. The molecule has 1 aromatic carbocycles. The molecule has 1 rings (SSSR count). The van der Waals surface area contributed by atoms with E-state index in [1.54, 1.807) is 17.0 Å². The van der Waals surface area contributed by atoms with Gasteiger partial charge in [-0.05, 0) is 24.6 Å².